The minimum absolute atomic E-state index is 0.0248. The Morgan fingerprint density at radius 1 is 1.12 bits per heavy atom. The van der Waals surface area contributed by atoms with E-state index in [1.807, 2.05) is 0 Å². The molecule has 0 bridgehead atoms. The molecule has 94 valence electrons. The molecule has 0 aromatic carbocycles. The highest BCUT2D eigenvalue weighted by molar-refractivity contribution is 4.81. The molecule has 1 heterocycles. The third-order valence-electron chi connectivity index (χ3n) is 4.56. The largest absolute Gasteiger partial charge is 0.393 e. The molecule has 1 aliphatic heterocycles. The lowest BCUT2D eigenvalue weighted by atomic mass is 9.97. The number of aliphatic hydroxyl groups excluding tert-OH is 1. The van der Waals surface area contributed by atoms with E-state index in [1.54, 1.807) is 0 Å². The summed E-state index contributed by atoms with van der Waals surface area (Å²) in [5.74, 6) is 1.47. The van der Waals surface area contributed by atoms with Gasteiger partial charge in [-0.1, -0.05) is 32.6 Å². The summed E-state index contributed by atoms with van der Waals surface area (Å²) in [7, 11) is 0. The van der Waals surface area contributed by atoms with E-state index in [2.05, 4.69) is 11.8 Å². The summed E-state index contributed by atoms with van der Waals surface area (Å²) in [6, 6.07) is 0. The molecule has 0 aromatic heterocycles. The number of likely N-dealkylation sites (tertiary alicyclic amines) is 1. The van der Waals surface area contributed by atoms with Gasteiger partial charge in [0.05, 0.1) is 6.10 Å². The van der Waals surface area contributed by atoms with Crippen LogP contribution in [-0.2, 0) is 0 Å². The maximum absolute atomic E-state index is 10.1. The normalized spacial score (nSPS) is 37.5. The number of aliphatic hydroxyl groups is 1. The first-order chi connectivity index (χ1) is 7.79. The Morgan fingerprint density at radius 2 is 1.94 bits per heavy atom. The lowest BCUT2D eigenvalue weighted by Gasteiger charge is -2.26. The summed E-state index contributed by atoms with van der Waals surface area (Å²) in [6.45, 7) is 5.99. The molecule has 0 amide bonds. The summed E-state index contributed by atoms with van der Waals surface area (Å²) in [5, 5.41) is 10.1. The Labute approximate surface area is 100 Å². The van der Waals surface area contributed by atoms with Crippen LogP contribution >= 0.6 is 0 Å². The van der Waals surface area contributed by atoms with E-state index >= 15 is 0 Å². The maximum Gasteiger partial charge on any atom is 0.0580 e. The molecule has 1 saturated heterocycles. The van der Waals surface area contributed by atoms with E-state index in [-0.39, 0.29) is 6.10 Å². The van der Waals surface area contributed by atoms with Crippen LogP contribution in [0.1, 0.15) is 51.9 Å². The fraction of sp³-hybridized carbons (Fsp3) is 1.00. The third kappa shape index (κ3) is 3.21. The van der Waals surface area contributed by atoms with Crippen molar-refractivity contribution in [2.45, 2.75) is 58.0 Å². The molecule has 2 rings (SSSR count). The first-order valence-electron chi connectivity index (χ1n) is 7.20. The van der Waals surface area contributed by atoms with Crippen LogP contribution in [0.4, 0.5) is 0 Å². The highest BCUT2D eigenvalue weighted by Gasteiger charge is 2.27. The van der Waals surface area contributed by atoms with Crippen molar-refractivity contribution in [3.05, 3.63) is 0 Å². The zero-order valence-electron chi connectivity index (χ0n) is 10.7. The molecule has 2 heteroatoms. The number of rotatable bonds is 3. The Balaban J connectivity index is 1.79. The van der Waals surface area contributed by atoms with Crippen LogP contribution in [0.15, 0.2) is 0 Å². The molecular formula is C14H27NO. The quantitative estimate of drug-likeness (QED) is 0.746. The lowest BCUT2D eigenvalue weighted by Crippen LogP contribution is -2.33. The third-order valence-corrected chi connectivity index (χ3v) is 4.56. The summed E-state index contributed by atoms with van der Waals surface area (Å²) in [6.07, 6.45) is 8.84. The molecule has 16 heavy (non-hydrogen) atoms. The van der Waals surface area contributed by atoms with Gasteiger partial charge in [-0.2, -0.15) is 0 Å². The van der Waals surface area contributed by atoms with Crippen molar-refractivity contribution in [2.75, 3.05) is 19.6 Å². The topological polar surface area (TPSA) is 23.5 Å². The zero-order chi connectivity index (χ0) is 11.4. The molecule has 0 aromatic rings. The molecule has 1 aliphatic carbocycles. The highest BCUT2D eigenvalue weighted by atomic mass is 16.3. The molecule has 3 atom stereocenters. The van der Waals surface area contributed by atoms with Gasteiger partial charge >= 0.3 is 0 Å². The van der Waals surface area contributed by atoms with Crippen molar-refractivity contribution in [3.8, 4) is 0 Å². The van der Waals surface area contributed by atoms with Crippen LogP contribution in [0.3, 0.4) is 0 Å². The summed E-state index contributed by atoms with van der Waals surface area (Å²) >= 11 is 0. The fourth-order valence-corrected chi connectivity index (χ4v) is 3.32. The summed E-state index contributed by atoms with van der Waals surface area (Å²) in [4.78, 5) is 2.59. The van der Waals surface area contributed by atoms with Gasteiger partial charge in [0.1, 0.15) is 0 Å². The number of nitrogens with zero attached hydrogens (tertiary/aromatic N) is 1. The Morgan fingerprint density at radius 3 is 2.69 bits per heavy atom. The molecule has 2 nitrogen and oxygen atoms in total. The zero-order valence-corrected chi connectivity index (χ0v) is 10.7. The molecule has 1 saturated carbocycles. The Kier molecular flexibility index (Phi) is 4.66. The first-order valence-corrected chi connectivity index (χ1v) is 7.20. The Hall–Kier alpha value is -0.0800. The summed E-state index contributed by atoms with van der Waals surface area (Å²) in [5.41, 5.74) is 0. The molecule has 1 N–H and O–H groups in total. The van der Waals surface area contributed by atoms with E-state index in [9.17, 15) is 5.11 Å². The van der Waals surface area contributed by atoms with Crippen LogP contribution in [-0.4, -0.2) is 35.7 Å². The van der Waals surface area contributed by atoms with Crippen molar-refractivity contribution in [2.24, 2.45) is 11.8 Å². The molecule has 0 spiro atoms. The van der Waals surface area contributed by atoms with Crippen molar-refractivity contribution >= 4 is 0 Å². The van der Waals surface area contributed by atoms with Crippen LogP contribution < -0.4 is 0 Å². The molecule has 3 unspecified atom stereocenters. The van der Waals surface area contributed by atoms with Crippen LogP contribution in [0, 0.1) is 11.8 Å². The number of hydrogen-bond acceptors (Lipinski definition) is 2. The monoisotopic (exact) mass is 225 g/mol. The first kappa shape index (κ1) is 12.4. The predicted molar refractivity (Wildman–Crippen MR) is 67.4 cm³/mol. The van der Waals surface area contributed by atoms with E-state index in [0.29, 0.717) is 5.92 Å². The van der Waals surface area contributed by atoms with E-state index in [4.69, 9.17) is 0 Å². The van der Waals surface area contributed by atoms with Crippen molar-refractivity contribution in [3.63, 3.8) is 0 Å². The van der Waals surface area contributed by atoms with Gasteiger partial charge in [-0.15, -0.1) is 0 Å². The van der Waals surface area contributed by atoms with Gasteiger partial charge in [-0.3, -0.25) is 0 Å². The predicted octanol–water partition coefficient (Wildman–Crippen LogP) is 2.66. The average Bonchev–Trinajstić information content (AvgIpc) is 2.65. The lowest BCUT2D eigenvalue weighted by molar-refractivity contribution is 0.0782. The molecule has 2 fully saturated rings. The highest BCUT2D eigenvalue weighted by Crippen LogP contribution is 2.27. The van der Waals surface area contributed by atoms with Crippen LogP contribution in [0.25, 0.3) is 0 Å². The molecule has 2 aliphatic rings. The van der Waals surface area contributed by atoms with Gasteiger partial charge < -0.3 is 10.0 Å². The average molecular weight is 225 g/mol. The second-order valence-corrected chi connectivity index (χ2v) is 5.79. The van der Waals surface area contributed by atoms with E-state index in [0.717, 1.165) is 18.9 Å². The smallest absolute Gasteiger partial charge is 0.0580 e. The Bertz CT molecular complexity index is 207. The van der Waals surface area contributed by atoms with Gasteiger partial charge in [0, 0.05) is 13.1 Å². The van der Waals surface area contributed by atoms with Gasteiger partial charge in [-0.25, -0.2) is 0 Å². The second kappa shape index (κ2) is 6.02. The van der Waals surface area contributed by atoms with Crippen molar-refractivity contribution in [1.29, 1.82) is 0 Å². The summed E-state index contributed by atoms with van der Waals surface area (Å²) < 4.78 is 0. The molecular weight excluding hydrogens is 198 g/mol. The van der Waals surface area contributed by atoms with Crippen molar-refractivity contribution in [1.82, 2.24) is 4.90 Å². The minimum atomic E-state index is -0.0248. The minimum Gasteiger partial charge on any atom is -0.393 e. The van der Waals surface area contributed by atoms with Crippen molar-refractivity contribution < 1.29 is 5.11 Å². The van der Waals surface area contributed by atoms with E-state index in [1.165, 1.54) is 51.6 Å². The SMILES string of the molecule is CCC1CCN(CC2CCCCCC2O)C1. The number of hydrogen-bond donors (Lipinski definition) is 1. The second-order valence-electron chi connectivity index (χ2n) is 5.79. The van der Waals surface area contributed by atoms with E-state index < -0.39 is 0 Å². The standard InChI is InChI=1S/C14H27NO/c1-2-12-8-9-15(10-12)11-13-6-4-3-5-7-14(13)16/h12-14,16H,2-11H2,1H3. The van der Waals surface area contributed by atoms with Gasteiger partial charge in [-0.05, 0) is 37.6 Å². The van der Waals surface area contributed by atoms with Gasteiger partial charge in [0.2, 0.25) is 0 Å². The van der Waals surface area contributed by atoms with Crippen LogP contribution in [0.5, 0.6) is 0 Å². The maximum atomic E-state index is 10.1. The molecule has 0 radical (unpaired) electrons. The van der Waals surface area contributed by atoms with Gasteiger partial charge in [0.15, 0.2) is 0 Å². The van der Waals surface area contributed by atoms with Crippen LogP contribution in [0.2, 0.25) is 0 Å². The van der Waals surface area contributed by atoms with Gasteiger partial charge in [0.25, 0.3) is 0 Å². The fourth-order valence-electron chi connectivity index (χ4n) is 3.32.